The van der Waals surface area contributed by atoms with Crippen molar-refractivity contribution in [1.82, 2.24) is 0 Å². The van der Waals surface area contributed by atoms with Crippen LogP contribution in [0.15, 0.2) is 22.7 Å². The van der Waals surface area contributed by atoms with Gasteiger partial charge in [-0.15, -0.1) is 0 Å². The highest BCUT2D eigenvalue weighted by Gasteiger charge is 2.33. The molecule has 2 N–H and O–H groups in total. The third kappa shape index (κ3) is 1.09. The number of hydrogen-bond acceptors (Lipinski definition) is 2. The zero-order valence-corrected chi connectivity index (χ0v) is 8.71. The van der Waals surface area contributed by atoms with Gasteiger partial charge in [-0.2, -0.15) is 0 Å². The Morgan fingerprint density at radius 3 is 2.85 bits per heavy atom. The second-order valence-corrected chi connectivity index (χ2v) is 3.90. The van der Waals surface area contributed by atoms with E-state index in [-0.39, 0.29) is 5.91 Å². The van der Waals surface area contributed by atoms with Gasteiger partial charge in [0.2, 0.25) is 5.91 Å². The molecule has 0 saturated heterocycles. The molecular formula is C9H9BrN2O. The summed E-state index contributed by atoms with van der Waals surface area (Å²) in [5, 5.41) is 0. The average molecular weight is 241 g/mol. The van der Waals surface area contributed by atoms with Crippen molar-refractivity contribution in [3.05, 3.63) is 28.2 Å². The van der Waals surface area contributed by atoms with Crippen LogP contribution in [0.25, 0.3) is 0 Å². The summed E-state index contributed by atoms with van der Waals surface area (Å²) in [7, 11) is 1.74. The maximum absolute atomic E-state index is 11.5. The smallest absolute Gasteiger partial charge is 0.248 e. The largest absolute Gasteiger partial charge is 0.316 e. The molecule has 1 aliphatic heterocycles. The first-order valence-corrected chi connectivity index (χ1v) is 4.74. The zero-order chi connectivity index (χ0) is 9.59. The number of anilines is 1. The van der Waals surface area contributed by atoms with E-state index in [9.17, 15) is 4.79 Å². The van der Waals surface area contributed by atoms with Crippen molar-refractivity contribution in [2.75, 3.05) is 11.9 Å². The molecule has 68 valence electrons. The lowest BCUT2D eigenvalue weighted by Gasteiger charge is -2.08. The highest BCUT2D eigenvalue weighted by atomic mass is 79.9. The topological polar surface area (TPSA) is 46.3 Å². The zero-order valence-electron chi connectivity index (χ0n) is 7.12. The summed E-state index contributed by atoms with van der Waals surface area (Å²) in [6.07, 6.45) is 0. The second-order valence-electron chi connectivity index (χ2n) is 3.05. The van der Waals surface area contributed by atoms with Crippen LogP contribution in [0, 0.1) is 0 Å². The number of fused-ring (bicyclic) bond motifs is 1. The predicted molar refractivity (Wildman–Crippen MR) is 54.5 cm³/mol. The third-order valence-electron chi connectivity index (χ3n) is 2.30. The van der Waals surface area contributed by atoms with Crippen LogP contribution in [0.4, 0.5) is 5.69 Å². The molecule has 1 atom stereocenters. The van der Waals surface area contributed by atoms with E-state index < -0.39 is 6.04 Å². The number of amides is 1. The van der Waals surface area contributed by atoms with Crippen LogP contribution in [0.2, 0.25) is 0 Å². The molecule has 1 aromatic rings. The number of likely N-dealkylation sites (N-methyl/N-ethyl adjacent to an activating group) is 1. The van der Waals surface area contributed by atoms with Crippen molar-refractivity contribution in [3.63, 3.8) is 0 Å². The van der Waals surface area contributed by atoms with Crippen LogP contribution in [0.3, 0.4) is 0 Å². The second kappa shape index (κ2) is 2.82. The quantitative estimate of drug-likeness (QED) is 0.746. The molecule has 1 amide bonds. The molecule has 2 rings (SSSR count). The Hall–Kier alpha value is -0.870. The van der Waals surface area contributed by atoms with Gasteiger partial charge in [0.15, 0.2) is 0 Å². The number of benzene rings is 1. The summed E-state index contributed by atoms with van der Waals surface area (Å²) in [6, 6.07) is 5.16. The molecule has 0 radical (unpaired) electrons. The van der Waals surface area contributed by atoms with E-state index in [4.69, 9.17) is 5.73 Å². The predicted octanol–water partition coefficient (Wildman–Crippen LogP) is 1.43. The Bertz CT molecular complexity index is 378. The lowest BCUT2D eigenvalue weighted by molar-refractivity contribution is -0.118. The van der Waals surface area contributed by atoms with Crippen molar-refractivity contribution in [1.29, 1.82) is 0 Å². The number of halogens is 1. The van der Waals surface area contributed by atoms with Crippen LogP contribution in [0.1, 0.15) is 11.6 Å². The molecule has 4 heteroatoms. The SMILES string of the molecule is CN1C(=O)C(N)c2c(Br)cccc21. The van der Waals surface area contributed by atoms with Crippen molar-refractivity contribution in [2.24, 2.45) is 5.73 Å². The van der Waals surface area contributed by atoms with E-state index in [0.717, 1.165) is 15.7 Å². The fraction of sp³-hybridized carbons (Fsp3) is 0.222. The van der Waals surface area contributed by atoms with Crippen molar-refractivity contribution in [3.8, 4) is 0 Å². The van der Waals surface area contributed by atoms with Crippen molar-refractivity contribution < 1.29 is 4.79 Å². The molecule has 0 aromatic heterocycles. The Morgan fingerprint density at radius 1 is 1.54 bits per heavy atom. The first kappa shape index (κ1) is 8.72. The number of hydrogen-bond donors (Lipinski definition) is 1. The van der Waals surface area contributed by atoms with E-state index in [2.05, 4.69) is 15.9 Å². The van der Waals surface area contributed by atoms with E-state index in [1.807, 2.05) is 18.2 Å². The summed E-state index contributed by atoms with van der Waals surface area (Å²) in [5.41, 5.74) is 7.54. The summed E-state index contributed by atoms with van der Waals surface area (Å²) >= 11 is 3.38. The van der Waals surface area contributed by atoms with Gasteiger partial charge in [-0.3, -0.25) is 4.79 Å². The maximum Gasteiger partial charge on any atom is 0.248 e. The lowest BCUT2D eigenvalue weighted by Crippen LogP contribution is -2.27. The van der Waals surface area contributed by atoms with Crippen LogP contribution in [-0.4, -0.2) is 13.0 Å². The molecule has 1 aliphatic rings. The molecule has 0 bridgehead atoms. The normalized spacial score (nSPS) is 20.7. The minimum absolute atomic E-state index is 0.0538. The van der Waals surface area contributed by atoms with E-state index in [0.29, 0.717) is 0 Å². The van der Waals surface area contributed by atoms with Gasteiger partial charge >= 0.3 is 0 Å². The van der Waals surface area contributed by atoms with Crippen LogP contribution in [0.5, 0.6) is 0 Å². The number of nitrogens with two attached hydrogens (primary N) is 1. The summed E-state index contributed by atoms with van der Waals surface area (Å²) in [6.45, 7) is 0. The van der Waals surface area contributed by atoms with Gasteiger partial charge in [-0.05, 0) is 12.1 Å². The Kier molecular flexibility index (Phi) is 1.89. The fourth-order valence-corrected chi connectivity index (χ4v) is 2.18. The van der Waals surface area contributed by atoms with Crippen molar-refractivity contribution >= 4 is 27.5 Å². The van der Waals surface area contributed by atoms with Gasteiger partial charge < -0.3 is 10.6 Å². The molecule has 0 spiro atoms. The highest BCUT2D eigenvalue weighted by Crippen LogP contribution is 2.37. The third-order valence-corrected chi connectivity index (χ3v) is 2.99. The molecule has 13 heavy (non-hydrogen) atoms. The Morgan fingerprint density at radius 2 is 2.23 bits per heavy atom. The standard InChI is InChI=1S/C9H9BrN2O/c1-12-6-4-2-3-5(10)7(6)8(11)9(12)13/h2-4,8H,11H2,1H3. The highest BCUT2D eigenvalue weighted by molar-refractivity contribution is 9.10. The average Bonchev–Trinajstić information content (AvgIpc) is 2.33. The molecule has 1 aromatic carbocycles. The summed E-state index contributed by atoms with van der Waals surface area (Å²) in [5.74, 6) is -0.0538. The van der Waals surface area contributed by atoms with E-state index >= 15 is 0 Å². The van der Waals surface area contributed by atoms with Crippen LogP contribution >= 0.6 is 15.9 Å². The number of rotatable bonds is 0. The van der Waals surface area contributed by atoms with Gasteiger partial charge in [0.25, 0.3) is 0 Å². The number of carbonyl (C=O) groups excluding carboxylic acids is 1. The minimum atomic E-state index is -0.518. The number of carbonyl (C=O) groups is 1. The van der Waals surface area contributed by atoms with Gasteiger partial charge in [-0.25, -0.2) is 0 Å². The molecule has 1 heterocycles. The van der Waals surface area contributed by atoms with E-state index in [1.165, 1.54) is 0 Å². The Labute approximate surface area is 84.6 Å². The molecule has 0 aliphatic carbocycles. The number of nitrogens with zero attached hydrogens (tertiary/aromatic N) is 1. The van der Waals surface area contributed by atoms with Crippen LogP contribution in [-0.2, 0) is 4.79 Å². The molecule has 3 nitrogen and oxygen atoms in total. The Balaban J connectivity index is 2.66. The summed E-state index contributed by atoms with van der Waals surface area (Å²) in [4.78, 5) is 13.1. The lowest BCUT2D eigenvalue weighted by atomic mass is 10.1. The maximum atomic E-state index is 11.5. The molecule has 0 saturated carbocycles. The van der Waals surface area contributed by atoms with Crippen LogP contribution < -0.4 is 10.6 Å². The minimum Gasteiger partial charge on any atom is -0.316 e. The van der Waals surface area contributed by atoms with Crippen molar-refractivity contribution in [2.45, 2.75) is 6.04 Å². The van der Waals surface area contributed by atoms with Gasteiger partial charge in [0.1, 0.15) is 6.04 Å². The fourth-order valence-electron chi connectivity index (χ4n) is 1.58. The van der Waals surface area contributed by atoms with Gasteiger partial charge in [-0.1, -0.05) is 22.0 Å². The van der Waals surface area contributed by atoms with Gasteiger partial charge in [0, 0.05) is 22.8 Å². The molecule has 1 unspecified atom stereocenters. The molecule has 0 fully saturated rings. The molecular weight excluding hydrogens is 232 g/mol. The van der Waals surface area contributed by atoms with Gasteiger partial charge in [0.05, 0.1) is 0 Å². The van der Waals surface area contributed by atoms with E-state index in [1.54, 1.807) is 11.9 Å². The summed E-state index contributed by atoms with van der Waals surface area (Å²) < 4.78 is 0.898. The first-order valence-electron chi connectivity index (χ1n) is 3.94. The monoisotopic (exact) mass is 240 g/mol. The first-order chi connectivity index (χ1) is 6.13.